The van der Waals surface area contributed by atoms with Crippen LogP contribution in [0.2, 0.25) is 0 Å². The molecule has 2 saturated carbocycles. The Balaban J connectivity index is 1.20. The molecule has 2 aliphatic rings. The zero-order chi connectivity index (χ0) is 20.8. The van der Waals surface area contributed by atoms with E-state index in [-0.39, 0.29) is 23.8 Å². The summed E-state index contributed by atoms with van der Waals surface area (Å²) in [5, 5.41) is 10.2. The summed E-state index contributed by atoms with van der Waals surface area (Å²) in [6, 6.07) is 3.81. The van der Waals surface area contributed by atoms with Gasteiger partial charge in [-0.05, 0) is 56.6 Å². The molecule has 0 atom stereocenters. The van der Waals surface area contributed by atoms with E-state index >= 15 is 0 Å². The SMILES string of the molecule is O=C(CC1CCCCC1)NC1CCC(C(=O)Nc2ccc(-n3cncn3)cn2)CC1. The first kappa shape index (κ1) is 20.5. The Morgan fingerprint density at radius 3 is 2.50 bits per heavy atom. The number of aromatic nitrogens is 4. The normalized spacial score (nSPS) is 22.4. The molecule has 0 aromatic carbocycles. The van der Waals surface area contributed by atoms with Crippen LogP contribution in [0.25, 0.3) is 5.69 Å². The van der Waals surface area contributed by atoms with E-state index in [0.717, 1.165) is 31.4 Å². The van der Waals surface area contributed by atoms with E-state index in [9.17, 15) is 9.59 Å². The van der Waals surface area contributed by atoms with Crippen LogP contribution in [0.5, 0.6) is 0 Å². The summed E-state index contributed by atoms with van der Waals surface area (Å²) in [5.41, 5.74) is 0.787. The molecule has 8 heteroatoms. The molecule has 2 N–H and O–H groups in total. The minimum Gasteiger partial charge on any atom is -0.353 e. The topological polar surface area (TPSA) is 102 Å². The van der Waals surface area contributed by atoms with Crippen molar-refractivity contribution in [3.63, 3.8) is 0 Å². The van der Waals surface area contributed by atoms with Gasteiger partial charge in [0.25, 0.3) is 0 Å². The molecule has 2 aromatic rings. The first-order valence-corrected chi connectivity index (χ1v) is 11.1. The molecular weight excluding hydrogens is 380 g/mol. The van der Waals surface area contributed by atoms with E-state index in [1.54, 1.807) is 23.3 Å². The average Bonchev–Trinajstić information content (AvgIpc) is 3.30. The van der Waals surface area contributed by atoms with Gasteiger partial charge in [0.15, 0.2) is 0 Å². The summed E-state index contributed by atoms with van der Waals surface area (Å²) >= 11 is 0. The van der Waals surface area contributed by atoms with Crippen molar-refractivity contribution in [2.24, 2.45) is 11.8 Å². The summed E-state index contributed by atoms with van der Waals surface area (Å²) < 4.78 is 1.61. The van der Waals surface area contributed by atoms with Crippen molar-refractivity contribution < 1.29 is 9.59 Å². The fourth-order valence-electron chi connectivity index (χ4n) is 4.61. The van der Waals surface area contributed by atoms with Crippen molar-refractivity contribution in [2.75, 3.05) is 5.32 Å². The molecule has 160 valence electrons. The van der Waals surface area contributed by atoms with Crippen LogP contribution in [0.15, 0.2) is 31.0 Å². The van der Waals surface area contributed by atoms with Gasteiger partial charge >= 0.3 is 0 Å². The lowest BCUT2D eigenvalue weighted by Gasteiger charge is -2.29. The van der Waals surface area contributed by atoms with Crippen LogP contribution in [0.4, 0.5) is 5.82 Å². The number of amides is 2. The zero-order valence-corrected chi connectivity index (χ0v) is 17.3. The molecule has 2 fully saturated rings. The van der Waals surface area contributed by atoms with E-state index < -0.39 is 0 Å². The Morgan fingerprint density at radius 1 is 1.03 bits per heavy atom. The molecule has 8 nitrogen and oxygen atoms in total. The van der Waals surface area contributed by atoms with Gasteiger partial charge in [-0.3, -0.25) is 9.59 Å². The number of rotatable bonds is 6. The lowest BCUT2D eigenvalue weighted by atomic mass is 9.84. The summed E-state index contributed by atoms with van der Waals surface area (Å²) in [6.45, 7) is 0. The summed E-state index contributed by atoms with van der Waals surface area (Å²) in [5.74, 6) is 1.25. The molecule has 2 heterocycles. The monoisotopic (exact) mass is 410 g/mol. The second-order valence-corrected chi connectivity index (χ2v) is 8.56. The number of nitrogens with one attached hydrogen (secondary N) is 2. The largest absolute Gasteiger partial charge is 0.353 e. The van der Waals surface area contributed by atoms with Gasteiger partial charge in [-0.15, -0.1) is 0 Å². The van der Waals surface area contributed by atoms with Crippen LogP contribution >= 0.6 is 0 Å². The number of hydrogen-bond acceptors (Lipinski definition) is 5. The van der Waals surface area contributed by atoms with Gasteiger partial charge in [0.05, 0.1) is 11.9 Å². The second kappa shape index (κ2) is 9.82. The molecule has 2 aliphatic carbocycles. The summed E-state index contributed by atoms with van der Waals surface area (Å²) in [7, 11) is 0. The fourth-order valence-corrected chi connectivity index (χ4v) is 4.61. The Labute approximate surface area is 176 Å². The maximum atomic E-state index is 12.6. The van der Waals surface area contributed by atoms with Gasteiger partial charge < -0.3 is 10.6 Å². The highest BCUT2D eigenvalue weighted by Crippen LogP contribution is 2.28. The molecule has 30 heavy (non-hydrogen) atoms. The number of carbonyl (C=O) groups is 2. The average molecular weight is 411 g/mol. The van der Waals surface area contributed by atoms with Crippen LogP contribution in [-0.4, -0.2) is 37.6 Å². The molecule has 0 aliphatic heterocycles. The third-order valence-electron chi connectivity index (χ3n) is 6.34. The van der Waals surface area contributed by atoms with E-state index in [1.807, 2.05) is 6.07 Å². The molecule has 0 radical (unpaired) electrons. The molecule has 0 unspecified atom stereocenters. The Morgan fingerprint density at radius 2 is 1.83 bits per heavy atom. The lowest BCUT2D eigenvalue weighted by Crippen LogP contribution is -2.40. The predicted octanol–water partition coefficient (Wildman–Crippen LogP) is 3.25. The summed E-state index contributed by atoms with van der Waals surface area (Å²) in [4.78, 5) is 33.2. The molecule has 2 amide bonds. The third kappa shape index (κ3) is 5.43. The predicted molar refractivity (Wildman–Crippen MR) is 113 cm³/mol. The minimum absolute atomic E-state index is 0.00277. The molecule has 2 aromatic heterocycles. The van der Waals surface area contributed by atoms with E-state index in [0.29, 0.717) is 18.2 Å². The maximum Gasteiger partial charge on any atom is 0.228 e. The quantitative estimate of drug-likeness (QED) is 0.761. The Bertz CT molecular complexity index is 822. The van der Waals surface area contributed by atoms with Crippen molar-refractivity contribution in [1.82, 2.24) is 25.1 Å². The zero-order valence-electron chi connectivity index (χ0n) is 17.3. The number of pyridine rings is 1. The van der Waals surface area contributed by atoms with Gasteiger partial charge in [0, 0.05) is 18.4 Å². The maximum absolute atomic E-state index is 12.6. The first-order valence-electron chi connectivity index (χ1n) is 11.1. The Kier molecular flexibility index (Phi) is 6.71. The van der Waals surface area contributed by atoms with Crippen LogP contribution in [0, 0.1) is 11.8 Å². The van der Waals surface area contributed by atoms with Crippen molar-refractivity contribution in [3.05, 3.63) is 31.0 Å². The van der Waals surface area contributed by atoms with E-state index in [1.165, 1.54) is 38.4 Å². The number of hydrogen-bond donors (Lipinski definition) is 2. The summed E-state index contributed by atoms with van der Waals surface area (Å²) in [6.07, 6.45) is 14.9. The minimum atomic E-state index is -0.0340. The Hall–Kier alpha value is -2.77. The second-order valence-electron chi connectivity index (χ2n) is 8.56. The van der Waals surface area contributed by atoms with Gasteiger partial charge in [0.1, 0.15) is 18.5 Å². The first-order chi connectivity index (χ1) is 14.7. The van der Waals surface area contributed by atoms with Crippen molar-refractivity contribution in [1.29, 1.82) is 0 Å². The van der Waals surface area contributed by atoms with E-state index in [4.69, 9.17) is 0 Å². The van der Waals surface area contributed by atoms with E-state index in [2.05, 4.69) is 25.7 Å². The van der Waals surface area contributed by atoms with Crippen LogP contribution in [-0.2, 0) is 9.59 Å². The highest BCUT2D eigenvalue weighted by atomic mass is 16.2. The molecule has 0 spiro atoms. The smallest absolute Gasteiger partial charge is 0.228 e. The van der Waals surface area contributed by atoms with Gasteiger partial charge in [0.2, 0.25) is 11.8 Å². The highest BCUT2D eigenvalue weighted by molar-refractivity contribution is 5.91. The van der Waals surface area contributed by atoms with Gasteiger partial charge in [-0.1, -0.05) is 19.3 Å². The van der Waals surface area contributed by atoms with Crippen LogP contribution in [0.3, 0.4) is 0 Å². The molecule has 4 rings (SSSR count). The molecular formula is C22H30N6O2. The molecule has 0 bridgehead atoms. The fraction of sp³-hybridized carbons (Fsp3) is 0.591. The number of anilines is 1. The van der Waals surface area contributed by atoms with Crippen LogP contribution in [0.1, 0.15) is 64.2 Å². The van der Waals surface area contributed by atoms with Gasteiger partial charge in [-0.2, -0.15) is 5.10 Å². The highest BCUT2D eigenvalue weighted by Gasteiger charge is 2.28. The number of carbonyl (C=O) groups excluding carboxylic acids is 2. The van der Waals surface area contributed by atoms with Crippen molar-refractivity contribution in [2.45, 2.75) is 70.3 Å². The van der Waals surface area contributed by atoms with Crippen molar-refractivity contribution >= 4 is 17.6 Å². The van der Waals surface area contributed by atoms with Crippen LogP contribution < -0.4 is 10.6 Å². The lowest BCUT2D eigenvalue weighted by molar-refractivity contribution is -0.123. The third-order valence-corrected chi connectivity index (χ3v) is 6.34. The van der Waals surface area contributed by atoms with Gasteiger partial charge in [-0.25, -0.2) is 14.6 Å². The standard InChI is InChI=1S/C22H30N6O2/c29-21(12-16-4-2-1-3-5-16)26-18-8-6-17(7-9-18)22(30)27-20-11-10-19(13-24-20)28-15-23-14-25-28/h10-11,13-18H,1-9,12H2,(H,26,29)(H,24,27,30). The van der Waals surface area contributed by atoms with Crippen molar-refractivity contribution in [3.8, 4) is 5.69 Å². The molecule has 0 saturated heterocycles. The number of nitrogens with zero attached hydrogens (tertiary/aromatic N) is 4.